The van der Waals surface area contributed by atoms with Gasteiger partial charge in [0.05, 0.1) is 29.1 Å². The van der Waals surface area contributed by atoms with Crippen LogP contribution in [0.25, 0.3) is 76.9 Å². The molecule has 2 heteroatoms. The standard InChI is InChI=1S/C40H26N2/c1-2-11-27(12-3-1)28-21-23-30(24-22-28)41-37-18-8-6-16-32(37)34-25-35-33-17-7-9-19-38(33)42(40(35)26-39(34)41)36-20-10-14-29-13-4-5-15-31(29)36/h1-26H/i14D. The Morgan fingerprint density at radius 3 is 1.69 bits per heavy atom. The molecule has 196 valence electrons. The molecule has 9 aromatic rings. The van der Waals surface area contributed by atoms with Crippen molar-refractivity contribution in [3.05, 3.63) is 158 Å². The van der Waals surface area contributed by atoms with Gasteiger partial charge in [-0.15, -0.1) is 0 Å². The van der Waals surface area contributed by atoms with Gasteiger partial charge >= 0.3 is 0 Å². The highest BCUT2D eigenvalue weighted by Gasteiger charge is 2.19. The Balaban J connectivity index is 1.38. The lowest BCUT2D eigenvalue weighted by molar-refractivity contribution is 1.17. The molecular formula is C40H26N2. The van der Waals surface area contributed by atoms with Crippen LogP contribution in [0, 0.1) is 0 Å². The van der Waals surface area contributed by atoms with E-state index in [1.807, 2.05) is 18.2 Å². The second-order valence-corrected chi connectivity index (χ2v) is 10.9. The van der Waals surface area contributed by atoms with E-state index in [2.05, 4.69) is 143 Å². The summed E-state index contributed by atoms with van der Waals surface area (Å²) in [5.74, 6) is 0. The minimum atomic E-state index is 0.543. The summed E-state index contributed by atoms with van der Waals surface area (Å²) in [6.45, 7) is 0. The lowest BCUT2D eigenvalue weighted by Gasteiger charge is -2.12. The fraction of sp³-hybridized carbons (Fsp3) is 0. The molecule has 42 heavy (non-hydrogen) atoms. The Morgan fingerprint density at radius 1 is 0.381 bits per heavy atom. The van der Waals surface area contributed by atoms with Crippen LogP contribution in [0.3, 0.4) is 0 Å². The first-order chi connectivity index (χ1) is 21.3. The molecule has 0 unspecified atom stereocenters. The average molecular weight is 536 g/mol. The number of benzene rings is 7. The smallest absolute Gasteiger partial charge is 0.0629 e. The van der Waals surface area contributed by atoms with Crippen molar-refractivity contribution in [3.8, 4) is 22.5 Å². The summed E-state index contributed by atoms with van der Waals surface area (Å²) in [6.07, 6.45) is 0. The van der Waals surface area contributed by atoms with Gasteiger partial charge in [0.2, 0.25) is 0 Å². The Bertz CT molecular complexity index is 2500. The van der Waals surface area contributed by atoms with Crippen molar-refractivity contribution >= 4 is 54.4 Å². The average Bonchev–Trinajstić information content (AvgIpc) is 3.57. The summed E-state index contributed by atoms with van der Waals surface area (Å²) in [5.41, 5.74) is 9.33. The number of hydrogen-bond acceptors (Lipinski definition) is 0. The summed E-state index contributed by atoms with van der Waals surface area (Å²) in [4.78, 5) is 0. The van der Waals surface area contributed by atoms with E-state index >= 15 is 0 Å². The van der Waals surface area contributed by atoms with Crippen LogP contribution in [0.1, 0.15) is 1.37 Å². The summed E-state index contributed by atoms with van der Waals surface area (Å²) >= 11 is 0. The van der Waals surface area contributed by atoms with E-state index in [-0.39, 0.29) is 0 Å². The topological polar surface area (TPSA) is 9.86 Å². The second-order valence-electron chi connectivity index (χ2n) is 10.9. The van der Waals surface area contributed by atoms with E-state index in [4.69, 9.17) is 1.37 Å². The number of para-hydroxylation sites is 2. The van der Waals surface area contributed by atoms with Crippen molar-refractivity contribution in [1.82, 2.24) is 9.13 Å². The molecule has 0 radical (unpaired) electrons. The van der Waals surface area contributed by atoms with E-state index in [9.17, 15) is 0 Å². The molecule has 0 bridgehead atoms. The second kappa shape index (κ2) is 8.95. The third kappa shape index (κ3) is 3.33. The number of fused-ring (bicyclic) bond motifs is 7. The molecule has 2 heterocycles. The molecule has 0 aliphatic rings. The number of nitrogens with zero attached hydrogens (tertiary/aromatic N) is 2. The third-order valence-corrected chi connectivity index (χ3v) is 8.62. The molecule has 0 saturated carbocycles. The maximum absolute atomic E-state index is 8.56. The van der Waals surface area contributed by atoms with Crippen LogP contribution in [-0.2, 0) is 0 Å². The van der Waals surface area contributed by atoms with Crippen LogP contribution in [0.2, 0.25) is 0 Å². The predicted octanol–water partition coefficient (Wildman–Crippen LogP) is 10.7. The number of rotatable bonds is 3. The van der Waals surface area contributed by atoms with Gasteiger partial charge in [-0.25, -0.2) is 0 Å². The first-order valence-electron chi connectivity index (χ1n) is 14.9. The first-order valence-corrected chi connectivity index (χ1v) is 14.4. The zero-order valence-corrected chi connectivity index (χ0v) is 22.8. The molecule has 0 atom stereocenters. The van der Waals surface area contributed by atoms with Crippen molar-refractivity contribution < 1.29 is 1.37 Å². The van der Waals surface area contributed by atoms with Gasteiger partial charge in [0.1, 0.15) is 0 Å². The zero-order valence-electron chi connectivity index (χ0n) is 23.8. The van der Waals surface area contributed by atoms with Gasteiger partial charge in [0, 0.05) is 32.6 Å². The predicted molar refractivity (Wildman–Crippen MR) is 178 cm³/mol. The first kappa shape index (κ1) is 22.1. The highest BCUT2D eigenvalue weighted by atomic mass is 15.0. The summed E-state index contributed by atoms with van der Waals surface area (Å²) in [5, 5.41) is 6.97. The Hall–Kier alpha value is -5.60. The largest absolute Gasteiger partial charge is 0.309 e. The fourth-order valence-corrected chi connectivity index (χ4v) is 6.73. The maximum Gasteiger partial charge on any atom is 0.0629 e. The van der Waals surface area contributed by atoms with Crippen LogP contribution in [0.15, 0.2) is 158 Å². The SMILES string of the molecule is [2H]c1ccc(-n2c3ccccc3c3cc4c5ccccc5n(-c5ccc(-c6ccccc6)cc5)c4cc32)c2ccccc12. The fourth-order valence-electron chi connectivity index (χ4n) is 6.73. The highest BCUT2D eigenvalue weighted by Crippen LogP contribution is 2.40. The van der Waals surface area contributed by atoms with Gasteiger partial charge in [0.25, 0.3) is 0 Å². The highest BCUT2D eigenvalue weighted by molar-refractivity contribution is 6.19. The molecule has 7 aromatic carbocycles. The van der Waals surface area contributed by atoms with Crippen LogP contribution < -0.4 is 0 Å². The third-order valence-electron chi connectivity index (χ3n) is 8.62. The van der Waals surface area contributed by atoms with E-state index in [0.29, 0.717) is 6.04 Å². The van der Waals surface area contributed by atoms with Gasteiger partial charge in [-0.1, -0.05) is 115 Å². The lowest BCUT2D eigenvalue weighted by Crippen LogP contribution is -1.96. The molecule has 0 aliphatic heterocycles. The van der Waals surface area contributed by atoms with Gasteiger partial charge in [-0.05, 0) is 59.0 Å². The Kier molecular flexibility index (Phi) is 4.72. The van der Waals surface area contributed by atoms with E-state index < -0.39 is 0 Å². The van der Waals surface area contributed by atoms with Crippen LogP contribution in [0.4, 0.5) is 0 Å². The van der Waals surface area contributed by atoms with E-state index in [1.54, 1.807) is 0 Å². The molecule has 0 fully saturated rings. The van der Waals surface area contributed by atoms with Crippen molar-refractivity contribution in [3.63, 3.8) is 0 Å². The molecule has 0 spiro atoms. The molecule has 0 amide bonds. The van der Waals surface area contributed by atoms with Crippen molar-refractivity contribution in [2.24, 2.45) is 0 Å². The van der Waals surface area contributed by atoms with Crippen molar-refractivity contribution in [1.29, 1.82) is 0 Å². The summed E-state index contributed by atoms with van der Waals surface area (Å²) in [6, 6.07) is 54.4. The monoisotopic (exact) mass is 535 g/mol. The summed E-state index contributed by atoms with van der Waals surface area (Å²) in [7, 11) is 0. The zero-order chi connectivity index (χ0) is 28.5. The molecule has 0 N–H and O–H groups in total. The quantitative estimate of drug-likeness (QED) is 0.213. The van der Waals surface area contributed by atoms with Crippen LogP contribution >= 0.6 is 0 Å². The normalized spacial score (nSPS) is 12.1. The molecule has 2 nitrogen and oxygen atoms in total. The van der Waals surface area contributed by atoms with Crippen LogP contribution in [-0.4, -0.2) is 9.13 Å². The molecule has 0 aliphatic carbocycles. The van der Waals surface area contributed by atoms with Crippen LogP contribution in [0.5, 0.6) is 0 Å². The van der Waals surface area contributed by atoms with E-state index in [0.717, 1.165) is 33.2 Å². The van der Waals surface area contributed by atoms with Gasteiger partial charge < -0.3 is 9.13 Å². The Labute approximate surface area is 244 Å². The molecule has 2 aromatic heterocycles. The molecule has 9 rings (SSSR count). The minimum absolute atomic E-state index is 0.543. The number of hydrogen-bond donors (Lipinski definition) is 0. The van der Waals surface area contributed by atoms with Gasteiger partial charge in [0.15, 0.2) is 0 Å². The molecular weight excluding hydrogens is 508 g/mol. The summed E-state index contributed by atoms with van der Waals surface area (Å²) < 4.78 is 13.3. The lowest BCUT2D eigenvalue weighted by atomic mass is 10.1. The minimum Gasteiger partial charge on any atom is -0.309 e. The maximum atomic E-state index is 8.56. The van der Waals surface area contributed by atoms with Crippen molar-refractivity contribution in [2.75, 3.05) is 0 Å². The van der Waals surface area contributed by atoms with E-state index in [1.165, 1.54) is 43.7 Å². The number of aromatic nitrogens is 2. The van der Waals surface area contributed by atoms with Gasteiger partial charge in [-0.3, -0.25) is 0 Å². The molecule has 0 saturated heterocycles. The Morgan fingerprint density at radius 2 is 0.952 bits per heavy atom. The van der Waals surface area contributed by atoms with Crippen molar-refractivity contribution in [2.45, 2.75) is 0 Å². The van der Waals surface area contributed by atoms with Gasteiger partial charge in [-0.2, -0.15) is 0 Å².